The lowest BCUT2D eigenvalue weighted by atomic mass is 10.1. The molecule has 0 heterocycles. The van der Waals surface area contributed by atoms with E-state index >= 15 is 0 Å². The zero-order chi connectivity index (χ0) is 40.8. The Morgan fingerprint density at radius 1 is 0.375 bits per heavy atom. The van der Waals surface area contributed by atoms with Crippen LogP contribution in [-0.2, 0) is 28.6 Å². The summed E-state index contributed by atoms with van der Waals surface area (Å²) in [7, 11) is 0. The first-order valence-electron chi connectivity index (χ1n) is 23.3. The van der Waals surface area contributed by atoms with Gasteiger partial charge in [0.15, 0.2) is 6.10 Å². The topological polar surface area (TPSA) is 78.9 Å². The fraction of sp³-hybridized carbons (Fsp3) is 0.740. The number of carbonyl (C=O) groups is 3. The van der Waals surface area contributed by atoms with Crippen molar-refractivity contribution in [1.29, 1.82) is 0 Å². The molecule has 0 rings (SSSR count). The van der Waals surface area contributed by atoms with Crippen LogP contribution in [0.4, 0.5) is 0 Å². The first-order valence-corrected chi connectivity index (χ1v) is 23.3. The van der Waals surface area contributed by atoms with E-state index in [-0.39, 0.29) is 31.1 Å². The zero-order valence-corrected chi connectivity index (χ0v) is 36.6. The van der Waals surface area contributed by atoms with Crippen molar-refractivity contribution in [3.63, 3.8) is 0 Å². The van der Waals surface area contributed by atoms with Gasteiger partial charge in [0.25, 0.3) is 0 Å². The first kappa shape index (κ1) is 53.1. The maximum atomic E-state index is 12.7. The third-order valence-corrected chi connectivity index (χ3v) is 9.74. The van der Waals surface area contributed by atoms with Crippen LogP contribution in [0.25, 0.3) is 0 Å². The van der Waals surface area contributed by atoms with Crippen molar-refractivity contribution in [2.24, 2.45) is 0 Å². The largest absolute Gasteiger partial charge is 0.462 e. The molecule has 0 saturated heterocycles. The van der Waals surface area contributed by atoms with E-state index in [0.717, 1.165) is 135 Å². The highest BCUT2D eigenvalue weighted by Gasteiger charge is 2.19. The molecule has 0 N–H and O–H groups in total. The van der Waals surface area contributed by atoms with Crippen molar-refractivity contribution >= 4 is 17.9 Å². The van der Waals surface area contributed by atoms with Crippen LogP contribution in [0.2, 0.25) is 0 Å². The van der Waals surface area contributed by atoms with Crippen LogP contribution in [0.3, 0.4) is 0 Å². The number of rotatable bonds is 41. The minimum Gasteiger partial charge on any atom is -0.462 e. The Morgan fingerprint density at radius 3 is 1.11 bits per heavy atom. The number of hydrogen-bond donors (Lipinski definition) is 0. The van der Waals surface area contributed by atoms with Gasteiger partial charge in [0.1, 0.15) is 13.2 Å². The van der Waals surface area contributed by atoms with Crippen molar-refractivity contribution in [1.82, 2.24) is 0 Å². The van der Waals surface area contributed by atoms with Gasteiger partial charge in [0.05, 0.1) is 0 Å². The lowest BCUT2D eigenvalue weighted by Crippen LogP contribution is -2.30. The first-order chi connectivity index (χ1) is 27.5. The molecule has 0 radical (unpaired) electrons. The number of esters is 3. The molecule has 0 aromatic rings. The van der Waals surface area contributed by atoms with Gasteiger partial charge in [0, 0.05) is 19.3 Å². The third kappa shape index (κ3) is 42.3. The average Bonchev–Trinajstić information content (AvgIpc) is 3.19. The maximum Gasteiger partial charge on any atom is 0.306 e. The summed E-state index contributed by atoms with van der Waals surface area (Å²) in [6.45, 7) is 6.36. The predicted molar refractivity (Wildman–Crippen MR) is 238 cm³/mol. The molecule has 6 heteroatoms. The van der Waals surface area contributed by atoms with Crippen LogP contribution in [0.1, 0.15) is 220 Å². The summed E-state index contributed by atoms with van der Waals surface area (Å²) in [5, 5.41) is 0. The molecule has 0 spiro atoms. The van der Waals surface area contributed by atoms with Gasteiger partial charge in [-0.15, -0.1) is 0 Å². The van der Waals surface area contributed by atoms with E-state index in [1.54, 1.807) is 0 Å². The Bertz CT molecular complexity index is 1040. The Labute approximate surface area is 345 Å². The Balaban J connectivity index is 4.43. The second-order valence-corrected chi connectivity index (χ2v) is 15.2. The Hall–Kier alpha value is -2.89. The SMILES string of the molecule is CC/C=C\C/C=C\CCCCCCCC(=O)OCC(COC(=O)CCCCC/C=C\CCCCCCCCC)OC(=O)CCCCCCC/C=C\C/C=C\CC. The quantitative estimate of drug-likeness (QED) is 0.0266. The Kier molecular flexibility index (Phi) is 42.5. The second kappa shape index (κ2) is 44.8. The number of allylic oxidation sites excluding steroid dienone is 10. The van der Waals surface area contributed by atoms with Crippen LogP contribution >= 0.6 is 0 Å². The number of unbranched alkanes of at least 4 members (excludes halogenated alkanes) is 20. The summed E-state index contributed by atoms with van der Waals surface area (Å²) in [5.74, 6) is -0.940. The minimum atomic E-state index is -0.790. The lowest BCUT2D eigenvalue weighted by molar-refractivity contribution is -0.167. The molecule has 0 fully saturated rings. The van der Waals surface area contributed by atoms with Crippen molar-refractivity contribution in [2.45, 2.75) is 226 Å². The van der Waals surface area contributed by atoms with Gasteiger partial charge >= 0.3 is 17.9 Å². The lowest BCUT2D eigenvalue weighted by Gasteiger charge is -2.18. The fourth-order valence-electron chi connectivity index (χ4n) is 6.28. The van der Waals surface area contributed by atoms with E-state index in [2.05, 4.69) is 81.5 Å². The van der Waals surface area contributed by atoms with Gasteiger partial charge in [-0.25, -0.2) is 0 Å². The van der Waals surface area contributed by atoms with Gasteiger partial charge in [-0.1, -0.05) is 165 Å². The monoisotopic (exact) mass is 783 g/mol. The number of ether oxygens (including phenoxy) is 3. The molecule has 1 atom stereocenters. The summed E-state index contributed by atoms with van der Waals surface area (Å²) in [4.78, 5) is 37.8. The van der Waals surface area contributed by atoms with Crippen molar-refractivity contribution in [3.05, 3.63) is 60.8 Å². The maximum absolute atomic E-state index is 12.7. The van der Waals surface area contributed by atoms with E-state index in [1.807, 2.05) is 0 Å². The highest BCUT2D eigenvalue weighted by atomic mass is 16.6. The van der Waals surface area contributed by atoms with Crippen LogP contribution in [0.15, 0.2) is 60.8 Å². The highest BCUT2D eigenvalue weighted by molar-refractivity contribution is 5.71. The van der Waals surface area contributed by atoms with Crippen LogP contribution in [-0.4, -0.2) is 37.2 Å². The van der Waals surface area contributed by atoms with Gasteiger partial charge in [-0.3, -0.25) is 14.4 Å². The number of hydrogen-bond acceptors (Lipinski definition) is 6. The molecule has 0 bridgehead atoms. The molecule has 0 aliphatic rings. The van der Waals surface area contributed by atoms with Gasteiger partial charge in [-0.05, 0) is 96.3 Å². The number of carbonyl (C=O) groups excluding carboxylic acids is 3. The molecular formula is C50H86O6. The summed E-state index contributed by atoms with van der Waals surface area (Å²) in [6.07, 6.45) is 53.5. The van der Waals surface area contributed by atoms with Gasteiger partial charge < -0.3 is 14.2 Å². The van der Waals surface area contributed by atoms with Crippen LogP contribution in [0.5, 0.6) is 0 Å². The molecule has 0 amide bonds. The molecule has 56 heavy (non-hydrogen) atoms. The van der Waals surface area contributed by atoms with Gasteiger partial charge in [-0.2, -0.15) is 0 Å². The normalized spacial score (nSPS) is 12.6. The summed E-state index contributed by atoms with van der Waals surface area (Å²) in [6, 6.07) is 0. The Morgan fingerprint density at radius 2 is 0.696 bits per heavy atom. The third-order valence-electron chi connectivity index (χ3n) is 9.74. The van der Waals surface area contributed by atoms with Crippen LogP contribution in [0, 0.1) is 0 Å². The minimum absolute atomic E-state index is 0.0927. The zero-order valence-electron chi connectivity index (χ0n) is 36.6. The highest BCUT2D eigenvalue weighted by Crippen LogP contribution is 2.13. The van der Waals surface area contributed by atoms with Crippen LogP contribution < -0.4 is 0 Å². The van der Waals surface area contributed by atoms with Crippen molar-refractivity contribution in [3.8, 4) is 0 Å². The average molecular weight is 783 g/mol. The van der Waals surface area contributed by atoms with E-state index in [1.165, 1.54) is 44.9 Å². The predicted octanol–water partition coefficient (Wildman–Crippen LogP) is 14.9. The molecule has 0 saturated carbocycles. The molecule has 322 valence electrons. The van der Waals surface area contributed by atoms with E-state index in [0.29, 0.717) is 19.3 Å². The van der Waals surface area contributed by atoms with E-state index in [9.17, 15) is 14.4 Å². The molecule has 0 aliphatic carbocycles. The molecular weight excluding hydrogens is 697 g/mol. The van der Waals surface area contributed by atoms with E-state index in [4.69, 9.17) is 14.2 Å². The standard InChI is InChI=1S/C50H86O6/c1-4-7-10-13-16-19-22-25-26-29-31-34-37-40-43-49(52)55-46-47(56-50(53)44-41-38-35-32-28-24-21-18-15-12-9-6-3)45-54-48(51)42-39-36-33-30-27-23-20-17-14-11-8-5-2/h8-9,11-12,17-18,20-21,26,29,47H,4-7,10,13-16,19,22-25,27-28,30-46H2,1-3H3/b11-8-,12-9-,20-17-,21-18-,29-26-. The summed E-state index contributed by atoms with van der Waals surface area (Å²) < 4.78 is 16.7. The smallest absolute Gasteiger partial charge is 0.306 e. The summed E-state index contributed by atoms with van der Waals surface area (Å²) >= 11 is 0. The van der Waals surface area contributed by atoms with Crippen molar-refractivity contribution in [2.75, 3.05) is 13.2 Å². The van der Waals surface area contributed by atoms with E-state index < -0.39 is 6.10 Å². The van der Waals surface area contributed by atoms with Crippen molar-refractivity contribution < 1.29 is 28.6 Å². The molecule has 1 unspecified atom stereocenters. The molecule has 0 aliphatic heterocycles. The second-order valence-electron chi connectivity index (χ2n) is 15.2. The molecule has 0 aromatic carbocycles. The molecule has 6 nitrogen and oxygen atoms in total. The van der Waals surface area contributed by atoms with Gasteiger partial charge in [0.2, 0.25) is 0 Å². The fourth-order valence-corrected chi connectivity index (χ4v) is 6.28. The molecule has 0 aromatic heterocycles. The summed E-state index contributed by atoms with van der Waals surface area (Å²) in [5.41, 5.74) is 0.